The summed E-state index contributed by atoms with van der Waals surface area (Å²) in [5.74, 6) is -2.17. The Hall–Kier alpha value is -1.95. The van der Waals surface area contributed by atoms with E-state index in [1.54, 1.807) is 12.1 Å². The highest BCUT2D eigenvalue weighted by Gasteiger charge is 2.41. The normalized spacial score (nSPS) is 15.3. The Morgan fingerprint density at radius 1 is 0.909 bits per heavy atom. The summed E-state index contributed by atoms with van der Waals surface area (Å²) in [6, 6.07) is 9.23. The summed E-state index contributed by atoms with van der Waals surface area (Å²) in [4.78, 5) is 24.8. The van der Waals surface area contributed by atoms with Crippen molar-refractivity contribution in [2.45, 2.75) is 12.1 Å². The lowest BCUT2D eigenvalue weighted by atomic mass is 9.93. The van der Waals surface area contributed by atoms with Gasteiger partial charge in [0.05, 0.1) is 5.56 Å². The van der Waals surface area contributed by atoms with Gasteiger partial charge in [0.15, 0.2) is 11.6 Å². The van der Waals surface area contributed by atoms with Crippen LogP contribution in [-0.4, -0.2) is 11.6 Å². The molecule has 22 heavy (non-hydrogen) atoms. The van der Waals surface area contributed by atoms with E-state index in [1.165, 1.54) is 18.2 Å². The molecule has 6 heteroatoms. The monoisotopic (exact) mass is 368 g/mol. The molecule has 0 saturated heterocycles. The van der Waals surface area contributed by atoms with Crippen LogP contribution in [0, 0.1) is 0 Å². The number of halogens is 4. The number of hydrogen-bond acceptors (Lipinski definition) is 2. The molecule has 2 aromatic rings. The quantitative estimate of drug-likeness (QED) is 0.687. The lowest BCUT2D eigenvalue weighted by Crippen LogP contribution is -2.15. The molecule has 0 radical (unpaired) electrons. The zero-order valence-corrected chi connectivity index (χ0v) is 12.5. The van der Waals surface area contributed by atoms with Crippen LogP contribution >= 0.6 is 15.9 Å². The summed E-state index contributed by atoms with van der Waals surface area (Å²) in [5.41, 5.74) is -0.341. The van der Waals surface area contributed by atoms with E-state index in [0.29, 0.717) is 4.47 Å². The largest absolute Gasteiger partial charge is 0.416 e. The molecule has 0 saturated carbocycles. The molecule has 112 valence electrons. The molecule has 0 fully saturated rings. The van der Waals surface area contributed by atoms with Gasteiger partial charge in [-0.05, 0) is 23.8 Å². The van der Waals surface area contributed by atoms with E-state index in [2.05, 4.69) is 15.9 Å². The third-order valence-electron chi connectivity index (χ3n) is 3.62. The Labute approximate surface area is 132 Å². The number of carbonyl (C=O) groups is 2. The molecular formula is C16H8BrF3O2. The molecule has 1 aliphatic rings. The molecule has 0 amide bonds. The number of fused-ring (bicyclic) bond motifs is 1. The van der Waals surface area contributed by atoms with Crippen molar-refractivity contribution in [3.05, 3.63) is 69.2 Å². The van der Waals surface area contributed by atoms with Gasteiger partial charge in [-0.25, -0.2) is 0 Å². The highest BCUT2D eigenvalue weighted by Crippen LogP contribution is 2.40. The van der Waals surface area contributed by atoms with Crippen LogP contribution in [-0.2, 0) is 6.18 Å². The zero-order chi connectivity index (χ0) is 16.1. The van der Waals surface area contributed by atoms with E-state index >= 15 is 0 Å². The second kappa shape index (κ2) is 5.05. The Kier molecular flexibility index (Phi) is 3.44. The average molecular weight is 369 g/mol. The third-order valence-corrected chi connectivity index (χ3v) is 4.34. The topological polar surface area (TPSA) is 34.1 Å². The molecule has 0 spiro atoms. The van der Waals surface area contributed by atoms with Crippen LogP contribution < -0.4 is 0 Å². The first-order valence-electron chi connectivity index (χ1n) is 6.35. The van der Waals surface area contributed by atoms with E-state index in [-0.39, 0.29) is 16.7 Å². The Balaban J connectivity index is 2.14. The van der Waals surface area contributed by atoms with Crippen molar-refractivity contribution in [2.24, 2.45) is 0 Å². The average Bonchev–Trinajstić information content (AvgIpc) is 2.71. The number of Topliss-reactive ketones (excluding diaryl/α,β-unsaturated/α-hetero) is 2. The fourth-order valence-corrected chi connectivity index (χ4v) is 3.04. The molecule has 2 aromatic carbocycles. The van der Waals surface area contributed by atoms with Crippen molar-refractivity contribution in [2.75, 3.05) is 0 Å². The van der Waals surface area contributed by atoms with Gasteiger partial charge in [-0.2, -0.15) is 13.2 Å². The molecule has 0 aromatic heterocycles. The second-order valence-corrected chi connectivity index (χ2v) is 5.80. The molecule has 3 rings (SSSR count). The molecule has 0 atom stereocenters. The number of ketones is 2. The maximum Gasteiger partial charge on any atom is 0.416 e. The van der Waals surface area contributed by atoms with Crippen LogP contribution in [0.3, 0.4) is 0 Å². The summed E-state index contributed by atoms with van der Waals surface area (Å²) >= 11 is 3.14. The predicted octanol–water partition coefficient (Wildman–Crippen LogP) is 4.63. The van der Waals surface area contributed by atoms with Crippen LogP contribution in [0.1, 0.15) is 37.8 Å². The fraction of sp³-hybridized carbons (Fsp3) is 0.125. The SMILES string of the molecule is O=C1c2ccccc2C(=O)C1c1cc(C(F)(F)F)ccc1Br. The molecule has 0 N–H and O–H groups in total. The Bertz CT molecular complexity index is 761. The number of alkyl halides is 3. The first-order valence-corrected chi connectivity index (χ1v) is 7.14. The van der Waals surface area contributed by atoms with Crippen LogP contribution in [0.5, 0.6) is 0 Å². The van der Waals surface area contributed by atoms with Crippen molar-refractivity contribution in [3.8, 4) is 0 Å². The minimum atomic E-state index is -4.53. The first-order chi connectivity index (χ1) is 10.3. The highest BCUT2D eigenvalue weighted by atomic mass is 79.9. The molecular weight excluding hydrogens is 361 g/mol. The maximum absolute atomic E-state index is 12.9. The van der Waals surface area contributed by atoms with Gasteiger partial charge in [-0.15, -0.1) is 0 Å². The number of rotatable bonds is 1. The minimum absolute atomic E-state index is 0.0426. The van der Waals surface area contributed by atoms with Gasteiger partial charge < -0.3 is 0 Å². The van der Waals surface area contributed by atoms with Crippen LogP contribution in [0.2, 0.25) is 0 Å². The molecule has 0 heterocycles. The Morgan fingerprint density at radius 2 is 1.45 bits per heavy atom. The minimum Gasteiger partial charge on any atom is -0.293 e. The summed E-state index contributed by atoms with van der Waals surface area (Å²) < 4.78 is 38.9. The van der Waals surface area contributed by atoms with Gasteiger partial charge in [0, 0.05) is 15.6 Å². The van der Waals surface area contributed by atoms with Crippen molar-refractivity contribution >= 4 is 27.5 Å². The zero-order valence-electron chi connectivity index (χ0n) is 10.9. The van der Waals surface area contributed by atoms with E-state index in [1.807, 2.05) is 0 Å². The van der Waals surface area contributed by atoms with Gasteiger partial charge in [0.2, 0.25) is 0 Å². The van der Waals surface area contributed by atoms with E-state index in [9.17, 15) is 22.8 Å². The summed E-state index contributed by atoms with van der Waals surface area (Å²) in [5, 5.41) is 0. The second-order valence-electron chi connectivity index (χ2n) is 4.94. The van der Waals surface area contributed by atoms with E-state index in [4.69, 9.17) is 0 Å². The van der Waals surface area contributed by atoms with Crippen molar-refractivity contribution in [1.29, 1.82) is 0 Å². The van der Waals surface area contributed by atoms with Crippen LogP contribution in [0.15, 0.2) is 46.9 Å². The molecule has 0 unspecified atom stereocenters. The van der Waals surface area contributed by atoms with E-state index in [0.717, 1.165) is 12.1 Å². The van der Waals surface area contributed by atoms with Crippen LogP contribution in [0.4, 0.5) is 13.2 Å². The maximum atomic E-state index is 12.9. The van der Waals surface area contributed by atoms with Crippen molar-refractivity contribution in [1.82, 2.24) is 0 Å². The summed E-state index contributed by atoms with van der Waals surface area (Å²) in [7, 11) is 0. The summed E-state index contributed by atoms with van der Waals surface area (Å²) in [6.07, 6.45) is -4.53. The van der Waals surface area contributed by atoms with Crippen LogP contribution in [0.25, 0.3) is 0 Å². The first kappa shape index (κ1) is 15.0. The van der Waals surface area contributed by atoms with Gasteiger partial charge in [-0.3, -0.25) is 9.59 Å². The molecule has 2 nitrogen and oxygen atoms in total. The summed E-state index contributed by atoms with van der Waals surface area (Å²) in [6.45, 7) is 0. The fourth-order valence-electron chi connectivity index (χ4n) is 2.57. The Morgan fingerprint density at radius 3 is 1.95 bits per heavy atom. The number of benzene rings is 2. The van der Waals surface area contributed by atoms with Gasteiger partial charge >= 0.3 is 6.18 Å². The number of hydrogen-bond donors (Lipinski definition) is 0. The molecule has 0 aliphatic heterocycles. The third kappa shape index (κ3) is 2.27. The lowest BCUT2D eigenvalue weighted by molar-refractivity contribution is -0.137. The van der Waals surface area contributed by atoms with Gasteiger partial charge in [-0.1, -0.05) is 40.2 Å². The standard InChI is InChI=1S/C16H8BrF3O2/c17-12-6-5-8(16(18,19)20)7-11(12)13-14(21)9-3-1-2-4-10(9)15(13)22/h1-7,13H. The van der Waals surface area contributed by atoms with Crippen molar-refractivity contribution in [3.63, 3.8) is 0 Å². The molecule has 0 bridgehead atoms. The number of carbonyl (C=O) groups excluding carboxylic acids is 2. The predicted molar refractivity (Wildman–Crippen MR) is 77.0 cm³/mol. The lowest BCUT2D eigenvalue weighted by Gasteiger charge is -2.13. The highest BCUT2D eigenvalue weighted by molar-refractivity contribution is 9.10. The molecule has 1 aliphatic carbocycles. The van der Waals surface area contributed by atoms with E-state index < -0.39 is 29.2 Å². The van der Waals surface area contributed by atoms with Crippen molar-refractivity contribution < 1.29 is 22.8 Å². The van der Waals surface area contributed by atoms with Gasteiger partial charge in [0.1, 0.15) is 5.92 Å². The van der Waals surface area contributed by atoms with Gasteiger partial charge in [0.25, 0.3) is 0 Å². The smallest absolute Gasteiger partial charge is 0.293 e.